The average Bonchev–Trinajstić information content (AvgIpc) is 2.28. The Morgan fingerprint density at radius 3 is 3.07 bits per heavy atom. The van der Waals surface area contributed by atoms with Crippen molar-refractivity contribution in [3.63, 3.8) is 0 Å². The molecule has 1 aromatic rings. The largest absolute Gasteiger partial charge is 0.398 e. The lowest BCUT2D eigenvalue weighted by molar-refractivity contribution is 0.222. The average molecular weight is 202 g/mol. The van der Waals surface area contributed by atoms with Gasteiger partial charge in [0.1, 0.15) is 0 Å². The lowest BCUT2D eigenvalue weighted by Gasteiger charge is -2.32. The van der Waals surface area contributed by atoms with E-state index in [1.54, 1.807) is 0 Å². The van der Waals surface area contributed by atoms with Crippen LogP contribution in [0.2, 0.25) is 0 Å². The first-order valence-electron chi connectivity index (χ1n) is 5.45. The maximum Gasteiger partial charge on any atom is 0.0350 e. The quantitative estimate of drug-likeness (QED) is 0.588. The van der Waals surface area contributed by atoms with Crippen LogP contribution in [-0.2, 0) is 13.0 Å². The number of nitrogen functional groups attached to an aromatic ring is 1. The second kappa shape index (κ2) is 4.07. The third kappa shape index (κ3) is 1.90. The first kappa shape index (κ1) is 10.2. The zero-order chi connectivity index (χ0) is 10.8. The Bertz CT molecular complexity index is 371. The molecule has 0 spiro atoms. The predicted octanol–water partition coefficient (Wildman–Crippen LogP) is 2.20. The molecule has 0 fully saturated rings. The van der Waals surface area contributed by atoms with E-state index in [4.69, 9.17) is 5.73 Å². The maximum atomic E-state index is 5.96. The van der Waals surface area contributed by atoms with Crippen molar-refractivity contribution in [3.8, 4) is 0 Å². The van der Waals surface area contributed by atoms with E-state index in [2.05, 4.69) is 24.5 Å². The molecule has 15 heavy (non-hydrogen) atoms. The molecule has 1 atom stereocenters. The molecule has 1 aliphatic heterocycles. The Labute approximate surface area is 91.4 Å². The molecule has 1 heterocycles. The van der Waals surface area contributed by atoms with Gasteiger partial charge < -0.3 is 5.73 Å². The highest BCUT2D eigenvalue weighted by molar-refractivity contribution is 5.51. The zero-order valence-corrected chi connectivity index (χ0v) is 9.24. The molecule has 1 aromatic carbocycles. The molecule has 2 rings (SSSR count). The molecule has 0 saturated carbocycles. The van der Waals surface area contributed by atoms with Crippen LogP contribution < -0.4 is 5.73 Å². The van der Waals surface area contributed by atoms with E-state index in [-0.39, 0.29) is 0 Å². The lowest BCUT2D eigenvalue weighted by Crippen LogP contribution is -2.36. The predicted molar refractivity (Wildman–Crippen MR) is 64.6 cm³/mol. The van der Waals surface area contributed by atoms with Crippen molar-refractivity contribution < 1.29 is 0 Å². The molecule has 0 aromatic heterocycles. The molecule has 2 N–H and O–H groups in total. The SMILES string of the molecule is C=CC(C)N1CCc2c(N)cccc2C1. The number of rotatable bonds is 2. The molecule has 0 amide bonds. The summed E-state index contributed by atoms with van der Waals surface area (Å²) in [4.78, 5) is 2.43. The van der Waals surface area contributed by atoms with Gasteiger partial charge >= 0.3 is 0 Å². The van der Waals surface area contributed by atoms with Crippen LogP contribution in [0.15, 0.2) is 30.9 Å². The Balaban J connectivity index is 2.24. The summed E-state index contributed by atoms with van der Waals surface area (Å²) in [6.07, 6.45) is 3.05. The molecule has 80 valence electrons. The van der Waals surface area contributed by atoms with Crippen molar-refractivity contribution in [1.29, 1.82) is 0 Å². The highest BCUT2D eigenvalue weighted by Crippen LogP contribution is 2.25. The van der Waals surface area contributed by atoms with Crippen LogP contribution in [0, 0.1) is 0 Å². The molecule has 2 heteroatoms. The van der Waals surface area contributed by atoms with Crippen molar-refractivity contribution in [2.24, 2.45) is 0 Å². The van der Waals surface area contributed by atoms with Gasteiger partial charge in [-0.3, -0.25) is 4.90 Å². The fourth-order valence-electron chi connectivity index (χ4n) is 2.16. The van der Waals surface area contributed by atoms with E-state index in [0.29, 0.717) is 6.04 Å². The van der Waals surface area contributed by atoms with Gasteiger partial charge in [-0.1, -0.05) is 18.2 Å². The summed E-state index contributed by atoms with van der Waals surface area (Å²) in [5.74, 6) is 0. The second-order valence-corrected chi connectivity index (χ2v) is 4.18. The van der Waals surface area contributed by atoms with Crippen LogP contribution in [0.25, 0.3) is 0 Å². The van der Waals surface area contributed by atoms with E-state index in [9.17, 15) is 0 Å². The zero-order valence-electron chi connectivity index (χ0n) is 9.24. The van der Waals surface area contributed by atoms with Crippen LogP contribution in [0.4, 0.5) is 5.69 Å². The van der Waals surface area contributed by atoms with E-state index in [1.165, 1.54) is 11.1 Å². The molecule has 1 aliphatic rings. The minimum Gasteiger partial charge on any atom is -0.398 e. The summed E-state index contributed by atoms with van der Waals surface area (Å²) < 4.78 is 0. The normalized spacial score (nSPS) is 18.2. The van der Waals surface area contributed by atoms with Gasteiger partial charge in [-0.2, -0.15) is 0 Å². The Morgan fingerprint density at radius 1 is 1.53 bits per heavy atom. The molecule has 0 saturated heterocycles. The first-order valence-corrected chi connectivity index (χ1v) is 5.45. The summed E-state index contributed by atoms with van der Waals surface area (Å²) in [6.45, 7) is 8.10. The Kier molecular flexibility index (Phi) is 2.78. The number of hydrogen-bond acceptors (Lipinski definition) is 2. The van der Waals surface area contributed by atoms with Gasteiger partial charge in [0.2, 0.25) is 0 Å². The number of nitrogens with zero attached hydrogens (tertiary/aromatic N) is 1. The van der Waals surface area contributed by atoms with Gasteiger partial charge in [-0.25, -0.2) is 0 Å². The summed E-state index contributed by atoms with van der Waals surface area (Å²) in [7, 11) is 0. The topological polar surface area (TPSA) is 29.3 Å². The van der Waals surface area contributed by atoms with Crippen LogP contribution in [-0.4, -0.2) is 17.5 Å². The lowest BCUT2D eigenvalue weighted by atomic mass is 9.97. The fraction of sp³-hybridized carbons (Fsp3) is 0.385. The Hall–Kier alpha value is -1.28. The van der Waals surface area contributed by atoms with E-state index in [0.717, 1.165) is 25.2 Å². The molecule has 2 nitrogen and oxygen atoms in total. The van der Waals surface area contributed by atoms with Crippen LogP contribution in [0.1, 0.15) is 18.1 Å². The summed E-state index contributed by atoms with van der Waals surface area (Å²) in [6, 6.07) is 6.65. The van der Waals surface area contributed by atoms with E-state index < -0.39 is 0 Å². The van der Waals surface area contributed by atoms with Gasteiger partial charge in [0.05, 0.1) is 0 Å². The third-order valence-corrected chi connectivity index (χ3v) is 3.25. The minimum absolute atomic E-state index is 0.444. The second-order valence-electron chi connectivity index (χ2n) is 4.18. The van der Waals surface area contributed by atoms with Gasteiger partial charge in [-0.15, -0.1) is 6.58 Å². The summed E-state index contributed by atoms with van der Waals surface area (Å²) in [5.41, 5.74) is 9.61. The van der Waals surface area contributed by atoms with Crippen LogP contribution in [0.3, 0.4) is 0 Å². The molecular weight excluding hydrogens is 184 g/mol. The van der Waals surface area contributed by atoms with Crippen molar-refractivity contribution >= 4 is 5.69 Å². The highest BCUT2D eigenvalue weighted by Gasteiger charge is 2.19. The first-order chi connectivity index (χ1) is 7.22. The van der Waals surface area contributed by atoms with Gasteiger partial charge in [0.25, 0.3) is 0 Å². The van der Waals surface area contributed by atoms with Gasteiger partial charge in [-0.05, 0) is 30.5 Å². The number of fused-ring (bicyclic) bond motifs is 1. The maximum absolute atomic E-state index is 5.96. The van der Waals surface area contributed by atoms with E-state index in [1.807, 2.05) is 18.2 Å². The number of benzene rings is 1. The van der Waals surface area contributed by atoms with Gasteiger partial charge in [0.15, 0.2) is 0 Å². The fourth-order valence-corrected chi connectivity index (χ4v) is 2.16. The smallest absolute Gasteiger partial charge is 0.0350 e. The molecule has 1 unspecified atom stereocenters. The molecule has 0 aliphatic carbocycles. The van der Waals surface area contributed by atoms with Crippen molar-refractivity contribution in [2.75, 3.05) is 12.3 Å². The van der Waals surface area contributed by atoms with Crippen LogP contribution in [0.5, 0.6) is 0 Å². The molecular formula is C13H18N2. The van der Waals surface area contributed by atoms with Crippen molar-refractivity contribution in [2.45, 2.75) is 25.9 Å². The highest BCUT2D eigenvalue weighted by atomic mass is 15.1. The van der Waals surface area contributed by atoms with Crippen molar-refractivity contribution in [3.05, 3.63) is 42.0 Å². The monoisotopic (exact) mass is 202 g/mol. The minimum atomic E-state index is 0.444. The van der Waals surface area contributed by atoms with E-state index >= 15 is 0 Å². The standard InChI is InChI=1S/C13H18N2/c1-3-10(2)15-8-7-12-11(9-15)5-4-6-13(12)14/h3-6,10H,1,7-9,14H2,2H3. The number of nitrogens with two attached hydrogens (primary N) is 1. The van der Waals surface area contributed by atoms with Gasteiger partial charge in [0, 0.05) is 24.8 Å². The number of hydrogen-bond donors (Lipinski definition) is 1. The third-order valence-electron chi connectivity index (χ3n) is 3.25. The Morgan fingerprint density at radius 2 is 2.33 bits per heavy atom. The summed E-state index contributed by atoms with van der Waals surface area (Å²) in [5, 5.41) is 0. The molecule has 0 bridgehead atoms. The van der Waals surface area contributed by atoms with Crippen molar-refractivity contribution in [1.82, 2.24) is 4.90 Å². The molecule has 0 radical (unpaired) electrons. The summed E-state index contributed by atoms with van der Waals surface area (Å²) >= 11 is 0. The number of anilines is 1. The van der Waals surface area contributed by atoms with Crippen LogP contribution >= 0.6 is 0 Å².